The third kappa shape index (κ3) is 50.8. The Morgan fingerprint density at radius 3 is 1.07 bits per heavy atom. The van der Waals surface area contributed by atoms with E-state index in [-0.39, 0.29) is 28.0 Å². The van der Waals surface area contributed by atoms with E-state index in [9.17, 15) is 10.2 Å². The molecule has 0 saturated heterocycles. The van der Waals surface area contributed by atoms with Gasteiger partial charge in [0.05, 0.1) is 17.6 Å². The van der Waals surface area contributed by atoms with Gasteiger partial charge >= 0.3 is 16.5 Å². The molecule has 0 aromatic heterocycles. The van der Waals surface area contributed by atoms with Crippen LogP contribution in [0.5, 0.6) is 11.5 Å². The van der Waals surface area contributed by atoms with Gasteiger partial charge in [-0.3, -0.25) is 4.99 Å². The molecule has 3 rings (SSSR count). The van der Waals surface area contributed by atoms with Crippen molar-refractivity contribution < 1.29 is 26.7 Å². The summed E-state index contributed by atoms with van der Waals surface area (Å²) in [6.07, 6.45) is 83.1. The second kappa shape index (κ2) is 63.3. The molecular weight excluding hydrogens is 1120 g/mol. The van der Waals surface area contributed by atoms with Crippen LogP contribution in [0.25, 0.3) is 12.2 Å². The van der Waals surface area contributed by atoms with Crippen LogP contribution in [0.4, 0.5) is 11.4 Å². The van der Waals surface area contributed by atoms with Gasteiger partial charge in [-0.25, -0.2) is 4.99 Å². The van der Waals surface area contributed by atoms with Crippen molar-refractivity contribution in [3.63, 3.8) is 0 Å². The predicted octanol–water partition coefficient (Wildman–Crippen LogP) is 26.8. The SMILES string of the molecule is CCC#CC(C=Nc1cccc(C=CCCCCCCCCCCCCCCCCCCCCCCCCC)c1)=Nc1cccc(C=CCCCCCCCCCCCCCCCCCCCCCCCCC)c1.CCCCc1cc(C)c([O-])c([O-])c1.[Ni+2]. The number of benzene rings is 3. The summed E-state index contributed by atoms with van der Waals surface area (Å²) >= 11 is 0. The maximum atomic E-state index is 11.1. The Hall–Kier alpha value is -3.87. The van der Waals surface area contributed by atoms with Crippen molar-refractivity contribution in [2.24, 2.45) is 9.98 Å². The molecule has 0 aliphatic rings. The van der Waals surface area contributed by atoms with E-state index in [1.165, 1.54) is 313 Å². The molecule has 5 heteroatoms. The van der Waals surface area contributed by atoms with Crippen LogP contribution in [0.3, 0.4) is 0 Å². The average Bonchev–Trinajstić information content (AvgIpc) is 3.71. The summed E-state index contributed by atoms with van der Waals surface area (Å²) in [6.45, 7) is 10.5. The number of unbranched alkanes of at least 4 members (excludes halogenated alkanes) is 47. The van der Waals surface area contributed by atoms with Gasteiger partial charge in [-0.1, -0.05) is 389 Å². The summed E-state index contributed by atoms with van der Waals surface area (Å²) in [6, 6.07) is 20.3. The molecule has 3 aromatic carbocycles. The number of nitrogens with zero attached hydrogens (tertiary/aromatic N) is 2. The maximum absolute atomic E-state index is 11.1. The molecule has 0 heterocycles. The summed E-state index contributed by atoms with van der Waals surface area (Å²) < 4.78 is 0. The van der Waals surface area contributed by atoms with E-state index < -0.39 is 0 Å². The fraction of sp³-hybridized carbons (Fsp3) is 0.687. The molecule has 0 unspecified atom stereocenters. The molecule has 0 N–H and O–H groups in total. The van der Waals surface area contributed by atoms with E-state index in [1.807, 2.05) is 12.3 Å². The maximum Gasteiger partial charge on any atom is 2.00 e. The van der Waals surface area contributed by atoms with Gasteiger partial charge in [-0.15, -0.1) is 11.5 Å². The fourth-order valence-electron chi connectivity index (χ4n) is 11.8. The van der Waals surface area contributed by atoms with Crippen LogP contribution >= 0.6 is 0 Å². The van der Waals surface area contributed by atoms with Crippen LogP contribution in [0.1, 0.15) is 377 Å². The summed E-state index contributed by atoms with van der Waals surface area (Å²) in [5.74, 6) is 5.73. The van der Waals surface area contributed by atoms with Gasteiger partial charge in [-0.2, -0.15) is 0 Å². The van der Waals surface area contributed by atoms with Crippen molar-refractivity contribution in [1.82, 2.24) is 0 Å². The molecule has 4 nitrogen and oxygen atoms in total. The third-order valence-electron chi connectivity index (χ3n) is 17.4. The van der Waals surface area contributed by atoms with E-state index in [2.05, 4.69) is 112 Å². The number of aryl methyl sites for hydroxylation is 2. The van der Waals surface area contributed by atoms with Gasteiger partial charge in [0.25, 0.3) is 0 Å². The molecule has 0 radical (unpaired) electrons. The first kappa shape index (κ1) is 82.1. The Kier molecular flexibility index (Phi) is 59.1. The largest absolute Gasteiger partial charge is 2.00 e. The molecule has 0 bridgehead atoms. The minimum Gasteiger partial charge on any atom is -0.873 e. The van der Waals surface area contributed by atoms with E-state index in [4.69, 9.17) is 9.98 Å². The third-order valence-corrected chi connectivity index (χ3v) is 17.4. The summed E-state index contributed by atoms with van der Waals surface area (Å²) in [5.41, 5.74) is 6.49. The zero-order valence-electron chi connectivity index (χ0n) is 58.0. The van der Waals surface area contributed by atoms with Crippen LogP contribution in [0.2, 0.25) is 0 Å². The Labute approximate surface area is 555 Å². The Morgan fingerprint density at radius 2 is 0.727 bits per heavy atom. The predicted molar refractivity (Wildman–Crippen MR) is 386 cm³/mol. The minimum absolute atomic E-state index is 0. The molecule has 3 aromatic rings. The van der Waals surface area contributed by atoms with Crippen molar-refractivity contribution in [2.45, 2.75) is 369 Å². The first-order valence-electron chi connectivity index (χ1n) is 37.5. The Balaban J connectivity index is 0.00000243. The van der Waals surface area contributed by atoms with Gasteiger partial charge in [0.15, 0.2) is 0 Å². The molecule has 0 spiro atoms. The second-order valence-corrected chi connectivity index (χ2v) is 25.9. The van der Waals surface area contributed by atoms with Crippen molar-refractivity contribution >= 4 is 35.5 Å². The van der Waals surface area contributed by atoms with Gasteiger partial charge in [0.2, 0.25) is 0 Å². The van der Waals surface area contributed by atoms with Crippen LogP contribution in [-0.4, -0.2) is 11.9 Å². The molecule has 0 atom stereocenters. The molecule has 0 aliphatic heterocycles. The van der Waals surface area contributed by atoms with Gasteiger partial charge < -0.3 is 10.2 Å². The van der Waals surface area contributed by atoms with Crippen molar-refractivity contribution in [3.8, 4) is 23.3 Å². The monoisotopic (exact) mass is 1250 g/mol. The zero-order chi connectivity index (χ0) is 62.4. The topological polar surface area (TPSA) is 70.8 Å². The van der Waals surface area contributed by atoms with Crippen LogP contribution in [-0.2, 0) is 22.9 Å². The fourth-order valence-corrected chi connectivity index (χ4v) is 11.8. The summed E-state index contributed by atoms with van der Waals surface area (Å²) in [5, 5.41) is 22.2. The molecule has 498 valence electrons. The number of aliphatic imine (C=N–C) groups is 2. The van der Waals surface area contributed by atoms with E-state index in [0.717, 1.165) is 55.5 Å². The number of rotatable bonds is 56. The average molecular weight is 1250 g/mol. The Bertz CT molecular complexity index is 2190. The van der Waals surface area contributed by atoms with Crippen molar-refractivity contribution in [3.05, 3.63) is 95.1 Å². The summed E-state index contributed by atoms with van der Waals surface area (Å²) in [7, 11) is 0. The normalized spacial score (nSPS) is 11.6. The van der Waals surface area contributed by atoms with E-state index in [1.54, 1.807) is 6.92 Å². The number of hydrogen-bond acceptors (Lipinski definition) is 4. The van der Waals surface area contributed by atoms with Crippen molar-refractivity contribution in [2.75, 3.05) is 0 Å². The molecular formula is C83H134N2NiO2. The molecule has 88 heavy (non-hydrogen) atoms. The van der Waals surface area contributed by atoms with Gasteiger partial charge in [0, 0.05) is 6.42 Å². The van der Waals surface area contributed by atoms with E-state index in [0.29, 0.717) is 11.3 Å². The first-order chi connectivity index (χ1) is 42.9. The molecule has 0 amide bonds. The molecule has 0 saturated carbocycles. The van der Waals surface area contributed by atoms with Crippen LogP contribution in [0, 0.1) is 18.8 Å². The van der Waals surface area contributed by atoms with Gasteiger partial charge in [-0.05, 0) is 92.3 Å². The van der Waals surface area contributed by atoms with E-state index >= 15 is 0 Å². The number of hydrogen-bond donors (Lipinski definition) is 0. The number of allylic oxidation sites excluding steroid dienone is 2. The summed E-state index contributed by atoms with van der Waals surface area (Å²) in [4.78, 5) is 9.74. The van der Waals surface area contributed by atoms with Crippen LogP contribution < -0.4 is 10.2 Å². The molecule has 0 aliphatic carbocycles. The Morgan fingerprint density at radius 1 is 0.398 bits per heavy atom. The standard InChI is InChI=1S/C72H120N2.C11H16O2.Ni/c1-4-7-10-12-14-16-18-20-22-24-26-28-30-32-34-36-38-40-42-44-46-48-50-52-54-58-68-60-56-63-70(65-68)73-67-72(62-9-6-3)74-71-64-57-61-69(66-71)59-55-53-51-49-47-45-43-41-39-37-35-33-31-29-27-25-23-21-19-17-15-13-11-8-5-2;1-3-4-5-9-6-8(2)11(13)10(12)7-9;/h54-61,63-67H,4-8,10-53H2,1-3H3;6-7,12-13H,3-5H2,1-2H3;/q;;+2/p-2. The smallest absolute Gasteiger partial charge is 0.873 e. The minimum atomic E-state index is -0.369. The van der Waals surface area contributed by atoms with Crippen LogP contribution in [0.15, 0.2) is 82.8 Å². The zero-order valence-corrected chi connectivity index (χ0v) is 58.9. The first-order valence-corrected chi connectivity index (χ1v) is 37.5. The second-order valence-electron chi connectivity index (χ2n) is 25.9. The quantitative estimate of drug-likeness (QED) is 0.0245. The molecule has 0 fully saturated rings. The van der Waals surface area contributed by atoms with Gasteiger partial charge in [0.1, 0.15) is 5.71 Å². The van der Waals surface area contributed by atoms with Crippen molar-refractivity contribution in [1.29, 1.82) is 0 Å².